The number of hydrogen-bond acceptors (Lipinski definition) is 1. The third-order valence-electron chi connectivity index (χ3n) is 3.76. The van der Waals surface area contributed by atoms with Gasteiger partial charge in [0, 0.05) is 4.47 Å². The lowest BCUT2D eigenvalue weighted by atomic mass is 9.93. The van der Waals surface area contributed by atoms with Crippen LogP contribution >= 0.6 is 15.9 Å². The van der Waals surface area contributed by atoms with Crippen molar-refractivity contribution in [1.82, 2.24) is 5.32 Å². The molecule has 3 aromatic rings. The Labute approximate surface area is 134 Å². The molecule has 0 aliphatic heterocycles. The summed E-state index contributed by atoms with van der Waals surface area (Å²) >= 11 is 3.69. The van der Waals surface area contributed by atoms with Crippen LogP contribution in [-0.2, 0) is 0 Å². The van der Waals surface area contributed by atoms with E-state index in [2.05, 4.69) is 94.9 Å². The highest BCUT2D eigenvalue weighted by Crippen LogP contribution is 2.32. The van der Waals surface area contributed by atoms with Crippen molar-refractivity contribution in [2.45, 2.75) is 13.0 Å². The zero-order chi connectivity index (χ0) is 14.7. The number of halogens is 1. The van der Waals surface area contributed by atoms with Crippen molar-refractivity contribution in [1.29, 1.82) is 0 Å². The number of rotatable bonds is 4. The van der Waals surface area contributed by atoms with E-state index in [0.717, 1.165) is 11.0 Å². The van der Waals surface area contributed by atoms with E-state index in [0.29, 0.717) is 0 Å². The summed E-state index contributed by atoms with van der Waals surface area (Å²) in [5.41, 5.74) is 2.59. The maximum absolute atomic E-state index is 3.69. The van der Waals surface area contributed by atoms with Crippen LogP contribution in [0.3, 0.4) is 0 Å². The van der Waals surface area contributed by atoms with Crippen molar-refractivity contribution in [3.8, 4) is 0 Å². The zero-order valence-corrected chi connectivity index (χ0v) is 13.6. The minimum absolute atomic E-state index is 0.191. The first-order chi connectivity index (χ1) is 10.3. The molecule has 106 valence electrons. The maximum atomic E-state index is 3.69. The molecule has 0 saturated carbocycles. The third-order valence-corrected chi connectivity index (χ3v) is 4.48. The molecule has 1 N–H and O–H groups in total. The van der Waals surface area contributed by atoms with Crippen LogP contribution in [0.5, 0.6) is 0 Å². The predicted molar refractivity (Wildman–Crippen MR) is 93.6 cm³/mol. The predicted octanol–water partition coefficient (Wildman–Crippen LogP) is 5.30. The van der Waals surface area contributed by atoms with Crippen LogP contribution in [0.4, 0.5) is 0 Å². The van der Waals surface area contributed by atoms with E-state index in [1.165, 1.54) is 21.9 Å². The first kappa shape index (κ1) is 14.3. The van der Waals surface area contributed by atoms with Crippen LogP contribution in [0.1, 0.15) is 24.1 Å². The molecule has 0 spiro atoms. The smallest absolute Gasteiger partial charge is 0.0593 e. The molecule has 0 aliphatic carbocycles. The maximum Gasteiger partial charge on any atom is 0.0593 e. The second-order valence-corrected chi connectivity index (χ2v) is 5.93. The van der Waals surface area contributed by atoms with Crippen molar-refractivity contribution in [3.05, 3.63) is 82.3 Å². The molecule has 1 unspecified atom stereocenters. The minimum atomic E-state index is 0.191. The average Bonchev–Trinajstić information content (AvgIpc) is 2.53. The van der Waals surface area contributed by atoms with E-state index in [-0.39, 0.29) is 6.04 Å². The molecule has 2 heteroatoms. The summed E-state index contributed by atoms with van der Waals surface area (Å²) in [6, 6.07) is 23.7. The van der Waals surface area contributed by atoms with Gasteiger partial charge in [-0.25, -0.2) is 0 Å². The first-order valence-corrected chi connectivity index (χ1v) is 8.06. The van der Waals surface area contributed by atoms with Crippen LogP contribution in [0.15, 0.2) is 71.2 Å². The summed E-state index contributed by atoms with van der Waals surface area (Å²) in [6.07, 6.45) is 0. The van der Waals surface area contributed by atoms with Gasteiger partial charge in [-0.2, -0.15) is 0 Å². The third kappa shape index (κ3) is 2.87. The van der Waals surface area contributed by atoms with Crippen molar-refractivity contribution >= 4 is 26.7 Å². The Morgan fingerprint density at radius 1 is 0.857 bits per heavy atom. The Kier molecular flexibility index (Phi) is 4.37. The number of hydrogen-bond donors (Lipinski definition) is 1. The molecule has 0 bridgehead atoms. The van der Waals surface area contributed by atoms with Gasteiger partial charge in [0.2, 0.25) is 0 Å². The lowest BCUT2D eigenvalue weighted by molar-refractivity contribution is 0.632. The summed E-state index contributed by atoms with van der Waals surface area (Å²) in [7, 11) is 0. The quantitative estimate of drug-likeness (QED) is 0.679. The van der Waals surface area contributed by atoms with Crippen molar-refractivity contribution in [3.63, 3.8) is 0 Å². The highest BCUT2D eigenvalue weighted by Gasteiger charge is 2.17. The van der Waals surface area contributed by atoms with Gasteiger partial charge in [0.15, 0.2) is 0 Å². The fraction of sp³-hybridized carbons (Fsp3) is 0.158. The summed E-state index contributed by atoms with van der Waals surface area (Å²) in [4.78, 5) is 0. The topological polar surface area (TPSA) is 12.0 Å². The summed E-state index contributed by atoms with van der Waals surface area (Å²) in [6.45, 7) is 3.07. The van der Waals surface area contributed by atoms with Gasteiger partial charge in [-0.3, -0.25) is 0 Å². The molecular weight excluding hydrogens is 322 g/mol. The molecule has 21 heavy (non-hydrogen) atoms. The monoisotopic (exact) mass is 339 g/mol. The Bertz CT molecular complexity index is 746. The van der Waals surface area contributed by atoms with E-state index in [1.807, 2.05) is 0 Å². The van der Waals surface area contributed by atoms with Crippen LogP contribution in [-0.4, -0.2) is 6.54 Å². The molecular formula is C19H18BrN. The second-order valence-electron chi connectivity index (χ2n) is 5.08. The SMILES string of the molecule is CCNC(c1ccccc1Br)c1cccc2ccccc12. The Hall–Kier alpha value is -1.64. The van der Waals surface area contributed by atoms with Crippen LogP contribution < -0.4 is 5.32 Å². The van der Waals surface area contributed by atoms with Gasteiger partial charge in [-0.05, 0) is 34.5 Å². The normalized spacial score (nSPS) is 12.5. The van der Waals surface area contributed by atoms with Gasteiger partial charge in [-0.15, -0.1) is 0 Å². The lowest BCUT2D eigenvalue weighted by Gasteiger charge is -2.22. The van der Waals surface area contributed by atoms with E-state index in [9.17, 15) is 0 Å². The highest BCUT2D eigenvalue weighted by atomic mass is 79.9. The molecule has 1 atom stereocenters. The summed E-state index contributed by atoms with van der Waals surface area (Å²) in [5, 5.41) is 6.21. The van der Waals surface area contributed by atoms with E-state index in [1.54, 1.807) is 0 Å². The summed E-state index contributed by atoms with van der Waals surface area (Å²) in [5.74, 6) is 0. The van der Waals surface area contributed by atoms with Gasteiger partial charge >= 0.3 is 0 Å². The van der Waals surface area contributed by atoms with E-state index in [4.69, 9.17) is 0 Å². The molecule has 3 aromatic carbocycles. The van der Waals surface area contributed by atoms with Gasteiger partial charge < -0.3 is 5.32 Å². The van der Waals surface area contributed by atoms with Crippen molar-refractivity contribution in [2.24, 2.45) is 0 Å². The second kappa shape index (κ2) is 6.42. The Morgan fingerprint density at radius 3 is 2.33 bits per heavy atom. The zero-order valence-electron chi connectivity index (χ0n) is 12.0. The lowest BCUT2D eigenvalue weighted by Crippen LogP contribution is -2.22. The number of benzene rings is 3. The number of fused-ring (bicyclic) bond motifs is 1. The molecule has 0 saturated heterocycles. The van der Waals surface area contributed by atoms with Crippen LogP contribution in [0, 0.1) is 0 Å². The van der Waals surface area contributed by atoms with Gasteiger partial charge in [0.05, 0.1) is 6.04 Å². The van der Waals surface area contributed by atoms with Gasteiger partial charge in [0.1, 0.15) is 0 Å². The minimum Gasteiger partial charge on any atom is -0.306 e. The number of nitrogens with one attached hydrogen (secondary N) is 1. The average molecular weight is 340 g/mol. The Morgan fingerprint density at radius 2 is 1.52 bits per heavy atom. The molecule has 0 amide bonds. The van der Waals surface area contributed by atoms with E-state index >= 15 is 0 Å². The van der Waals surface area contributed by atoms with Crippen molar-refractivity contribution < 1.29 is 0 Å². The highest BCUT2D eigenvalue weighted by molar-refractivity contribution is 9.10. The molecule has 0 heterocycles. The first-order valence-electron chi connectivity index (χ1n) is 7.26. The standard InChI is InChI=1S/C19H18BrN/c1-2-21-19(17-11-5-6-13-18(17)20)16-12-7-9-14-8-3-4-10-15(14)16/h3-13,19,21H,2H2,1H3. The Balaban J connectivity index is 2.19. The molecule has 0 aromatic heterocycles. The molecule has 0 fully saturated rings. The van der Waals surface area contributed by atoms with Crippen LogP contribution in [0.2, 0.25) is 0 Å². The largest absolute Gasteiger partial charge is 0.306 e. The van der Waals surface area contributed by atoms with Gasteiger partial charge in [0.25, 0.3) is 0 Å². The van der Waals surface area contributed by atoms with E-state index < -0.39 is 0 Å². The van der Waals surface area contributed by atoms with Gasteiger partial charge in [-0.1, -0.05) is 83.5 Å². The molecule has 3 rings (SSSR count). The summed E-state index contributed by atoms with van der Waals surface area (Å²) < 4.78 is 1.14. The fourth-order valence-corrected chi connectivity index (χ4v) is 3.32. The van der Waals surface area contributed by atoms with Crippen molar-refractivity contribution in [2.75, 3.05) is 6.54 Å². The fourth-order valence-electron chi connectivity index (χ4n) is 2.80. The molecule has 1 nitrogen and oxygen atoms in total. The molecule has 0 aliphatic rings. The van der Waals surface area contributed by atoms with Crippen LogP contribution in [0.25, 0.3) is 10.8 Å². The molecule has 0 radical (unpaired) electrons.